The maximum Gasteiger partial charge on any atom is 0.255 e. The minimum absolute atomic E-state index is 0.159. The summed E-state index contributed by atoms with van der Waals surface area (Å²) < 4.78 is 5.61. The summed E-state index contributed by atoms with van der Waals surface area (Å²) >= 11 is 5.99. The Hall–Kier alpha value is -2.26. The molecule has 3 nitrogen and oxygen atoms in total. The number of amides is 1. The summed E-state index contributed by atoms with van der Waals surface area (Å²) in [4.78, 5) is 12.4. The van der Waals surface area contributed by atoms with Crippen molar-refractivity contribution in [1.82, 2.24) is 0 Å². The molecule has 0 unspecified atom stereocenters. The molecule has 4 heteroatoms. The Bertz CT molecular complexity index is 763. The van der Waals surface area contributed by atoms with Crippen molar-refractivity contribution in [1.29, 1.82) is 0 Å². The zero-order valence-corrected chi connectivity index (χ0v) is 13.9. The number of carbonyl (C=O) groups excluding carboxylic acids is 1. The number of ether oxygens (including phenoxy) is 1. The van der Waals surface area contributed by atoms with Gasteiger partial charge in [0.2, 0.25) is 0 Å². The highest BCUT2D eigenvalue weighted by molar-refractivity contribution is 6.30. The molecule has 1 N–H and O–H groups in total. The summed E-state index contributed by atoms with van der Waals surface area (Å²) in [5.41, 5.74) is 3.42. The number of benzene rings is 2. The molecule has 1 heterocycles. The van der Waals surface area contributed by atoms with Gasteiger partial charge in [0.25, 0.3) is 5.91 Å². The summed E-state index contributed by atoms with van der Waals surface area (Å²) in [6.07, 6.45) is 1.82. The van der Waals surface area contributed by atoms with Crippen LogP contribution in [0.25, 0.3) is 6.08 Å². The second kappa shape index (κ2) is 6.47. The number of rotatable bonds is 3. The first-order valence-electron chi connectivity index (χ1n) is 7.57. The summed E-state index contributed by atoms with van der Waals surface area (Å²) in [7, 11) is 0. The molecule has 0 saturated heterocycles. The molecule has 0 atom stereocenters. The molecule has 3 rings (SSSR count). The van der Waals surface area contributed by atoms with Crippen LogP contribution in [0.15, 0.2) is 48.0 Å². The number of nitrogens with one attached hydrogen (secondary N) is 1. The number of hydrogen-bond donors (Lipinski definition) is 1. The van der Waals surface area contributed by atoms with E-state index in [0.717, 1.165) is 17.0 Å². The first-order chi connectivity index (χ1) is 11.0. The average Bonchev–Trinajstić information content (AvgIpc) is 2.54. The Morgan fingerprint density at radius 1 is 1.17 bits per heavy atom. The molecule has 0 saturated carbocycles. The van der Waals surface area contributed by atoms with Crippen LogP contribution in [-0.2, 0) is 4.79 Å². The quantitative estimate of drug-likeness (QED) is 0.872. The van der Waals surface area contributed by atoms with E-state index >= 15 is 0 Å². The molecule has 2 aromatic carbocycles. The van der Waals surface area contributed by atoms with E-state index < -0.39 is 0 Å². The molecule has 23 heavy (non-hydrogen) atoms. The lowest BCUT2D eigenvalue weighted by molar-refractivity contribution is -0.113. The smallest absolute Gasteiger partial charge is 0.255 e. The Morgan fingerprint density at radius 2 is 1.91 bits per heavy atom. The highest BCUT2D eigenvalue weighted by Gasteiger charge is 2.17. The highest BCUT2D eigenvalue weighted by atomic mass is 35.5. The number of halogens is 1. The summed E-state index contributed by atoms with van der Waals surface area (Å²) in [5.74, 6) is 1.05. The van der Waals surface area contributed by atoms with Gasteiger partial charge in [-0.2, -0.15) is 0 Å². The first-order valence-corrected chi connectivity index (χ1v) is 7.95. The molecule has 0 radical (unpaired) electrons. The number of hydrogen-bond acceptors (Lipinski definition) is 2. The van der Waals surface area contributed by atoms with E-state index in [1.807, 2.05) is 36.4 Å². The molecule has 0 bridgehead atoms. The minimum Gasteiger partial charge on any atom is -0.488 e. The van der Waals surface area contributed by atoms with Crippen molar-refractivity contribution < 1.29 is 9.53 Å². The number of fused-ring (bicyclic) bond motifs is 1. The van der Waals surface area contributed by atoms with E-state index in [1.165, 1.54) is 5.56 Å². The monoisotopic (exact) mass is 327 g/mol. The molecule has 1 amide bonds. The van der Waals surface area contributed by atoms with E-state index in [1.54, 1.807) is 12.1 Å². The van der Waals surface area contributed by atoms with Crippen LogP contribution in [0.3, 0.4) is 0 Å². The second-order valence-corrected chi connectivity index (χ2v) is 6.31. The van der Waals surface area contributed by atoms with Crippen molar-refractivity contribution >= 4 is 29.3 Å². The van der Waals surface area contributed by atoms with Gasteiger partial charge in [-0.05, 0) is 47.9 Å². The predicted molar refractivity (Wildman–Crippen MR) is 94.1 cm³/mol. The van der Waals surface area contributed by atoms with Crippen LogP contribution in [0, 0.1) is 0 Å². The summed E-state index contributed by atoms with van der Waals surface area (Å²) in [5, 5.41) is 3.52. The Balaban J connectivity index is 1.76. The average molecular weight is 328 g/mol. The van der Waals surface area contributed by atoms with Crippen molar-refractivity contribution in [2.24, 2.45) is 0 Å². The van der Waals surface area contributed by atoms with Gasteiger partial charge in [0.05, 0.1) is 5.57 Å². The number of anilines is 1. The lowest BCUT2D eigenvalue weighted by atomic mass is 10.0. The van der Waals surface area contributed by atoms with E-state index in [4.69, 9.17) is 16.3 Å². The minimum atomic E-state index is -0.159. The molecular formula is C19H18ClNO2. The zero-order chi connectivity index (χ0) is 16.4. The van der Waals surface area contributed by atoms with Gasteiger partial charge in [0.15, 0.2) is 0 Å². The van der Waals surface area contributed by atoms with Gasteiger partial charge in [-0.1, -0.05) is 37.6 Å². The predicted octanol–water partition coefficient (Wildman–Crippen LogP) is 4.88. The zero-order valence-electron chi connectivity index (χ0n) is 13.1. The van der Waals surface area contributed by atoms with Gasteiger partial charge < -0.3 is 10.1 Å². The van der Waals surface area contributed by atoms with Crippen LogP contribution < -0.4 is 10.1 Å². The maximum absolute atomic E-state index is 12.4. The van der Waals surface area contributed by atoms with Crippen LogP contribution in [0.2, 0.25) is 5.02 Å². The van der Waals surface area contributed by atoms with E-state index in [9.17, 15) is 4.79 Å². The lowest BCUT2D eigenvalue weighted by Crippen LogP contribution is -2.21. The molecule has 2 aromatic rings. The third-order valence-electron chi connectivity index (χ3n) is 3.81. The van der Waals surface area contributed by atoms with E-state index in [0.29, 0.717) is 16.5 Å². The molecule has 1 aliphatic rings. The maximum atomic E-state index is 12.4. The Labute approximate surface area is 140 Å². The van der Waals surface area contributed by atoms with E-state index in [2.05, 4.69) is 19.2 Å². The van der Waals surface area contributed by atoms with Crippen LogP contribution in [0.1, 0.15) is 30.9 Å². The topological polar surface area (TPSA) is 38.3 Å². The second-order valence-electron chi connectivity index (χ2n) is 5.87. The molecule has 0 aromatic heterocycles. The van der Waals surface area contributed by atoms with Crippen molar-refractivity contribution in [2.75, 3.05) is 11.9 Å². The van der Waals surface area contributed by atoms with E-state index in [-0.39, 0.29) is 12.5 Å². The fraction of sp³-hybridized carbons (Fsp3) is 0.211. The third-order valence-corrected chi connectivity index (χ3v) is 4.05. The fourth-order valence-corrected chi connectivity index (χ4v) is 2.62. The standard InChI is InChI=1S/C19H18ClNO2/c1-12(2)13-3-6-17(7-4-13)21-19(22)15-9-14-10-16(20)5-8-18(14)23-11-15/h3-10,12H,11H2,1-2H3,(H,21,22). The Morgan fingerprint density at radius 3 is 2.61 bits per heavy atom. The van der Waals surface area contributed by atoms with Gasteiger partial charge in [0, 0.05) is 16.3 Å². The van der Waals surface area contributed by atoms with Crippen molar-refractivity contribution in [3.8, 4) is 5.75 Å². The van der Waals surface area contributed by atoms with Gasteiger partial charge >= 0.3 is 0 Å². The van der Waals surface area contributed by atoms with Crippen LogP contribution in [0.5, 0.6) is 5.75 Å². The SMILES string of the molecule is CC(C)c1ccc(NC(=O)C2=Cc3cc(Cl)ccc3OC2)cc1. The first kappa shape index (κ1) is 15.6. The van der Waals surface area contributed by atoms with Gasteiger partial charge in [-0.3, -0.25) is 4.79 Å². The third kappa shape index (κ3) is 3.57. The summed E-state index contributed by atoms with van der Waals surface area (Å²) in [6.45, 7) is 4.53. The normalized spacial score (nSPS) is 13.1. The van der Waals surface area contributed by atoms with Crippen LogP contribution in [0.4, 0.5) is 5.69 Å². The molecule has 118 valence electrons. The van der Waals surface area contributed by atoms with Crippen molar-refractivity contribution in [2.45, 2.75) is 19.8 Å². The summed E-state index contributed by atoms with van der Waals surface area (Å²) in [6, 6.07) is 13.3. The fourth-order valence-electron chi connectivity index (χ4n) is 2.44. The molecule has 1 aliphatic heterocycles. The van der Waals surface area contributed by atoms with Crippen LogP contribution in [-0.4, -0.2) is 12.5 Å². The van der Waals surface area contributed by atoms with Crippen molar-refractivity contribution in [3.63, 3.8) is 0 Å². The van der Waals surface area contributed by atoms with Crippen LogP contribution >= 0.6 is 11.6 Å². The molecule has 0 spiro atoms. The van der Waals surface area contributed by atoms with Gasteiger partial charge in [0.1, 0.15) is 12.4 Å². The largest absolute Gasteiger partial charge is 0.488 e. The van der Waals surface area contributed by atoms with Gasteiger partial charge in [-0.15, -0.1) is 0 Å². The highest BCUT2D eigenvalue weighted by Crippen LogP contribution is 2.29. The Kier molecular flexibility index (Phi) is 4.39. The molecular weight excluding hydrogens is 310 g/mol. The number of carbonyl (C=O) groups is 1. The van der Waals surface area contributed by atoms with Crippen molar-refractivity contribution in [3.05, 3.63) is 64.2 Å². The molecule has 0 aliphatic carbocycles. The van der Waals surface area contributed by atoms with Gasteiger partial charge in [-0.25, -0.2) is 0 Å². The molecule has 0 fully saturated rings. The lowest BCUT2D eigenvalue weighted by Gasteiger charge is -2.18.